The van der Waals surface area contributed by atoms with Crippen LogP contribution >= 0.6 is 35.4 Å². The minimum absolute atomic E-state index is 0.0737. The normalized spacial score (nSPS) is 15.0. The lowest BCUT2D eigenvalue weighted by Gasteiger charge is -2.32. The number of esters is 1. The predicted molar refractivity (Wildman–Crippen MR) is 123 cm³/mol. The van der Waals surface area contributed by atoms with Gasteiger partial charge in [-0.25, -0.2) is 4.79 Å². The third kappa shape index (κ3) is 5.62. The van der Waals surface area contributed by atoms with Crippen molar-refractivity contribution in [2.45, 2.75) is 44.1 Å². The number of methoxy groups -OCH3 is 1. The average molecular weight is 451 g/mol. The molecule has 2 aromatic carbocycles. The Bertz CT molecular complexity index is 898. The second-order valence-electron chi connectivity index (χ2n) is 7.34. The summed E-state index contributed by atoms with van der Waals surface area (Å²) in [5.74, 6) is -0.421. The highest BCUT2D eigenvalue weighted by Crippen LogP contribution is 2.35. The molecule has 1 aliphatic rings. The van der Waals surface area contributed by atoms with Crippen molar-refractivity contribution in [2.75, 3.05) is 12.4 Å². The van der Waals surface area contributed by atoms with Crippen LogP contribution in [0.15, 0.2) is 42.5 Å². The van der Waals surface area contributed by atoms with Crippen LogP contribution in [0.25, 0.3) is 0 Å². The molecule has 2 aromatic rings. The summed E-state index contributed by atoms with van der Waals surface area (Å²) in [6.07, 6.45) is 6.25. The quantitative estimate of drug-likeness (QED) is 0.416. The largest absolute Gasteiger partial charge is 0.465 e. The molecule has 4 nitrogen and oxygen atoms in total. The van der Waals surface area contributed by atoms with Crippen molar-refractivity contribution in [1.29, 1.82) is 0 Å². The van der Waals surface area contributed by atoms with Crippen LogP contribution in [0.4, 0.5) is 5.69 Å². The van der Waals surface area contributed by atoms with Crippen molar-refractivity contribution >= 4 is 52.2 Å². The molecule has 0 saturated heterocycles. The molecule has 1 fully saturated rings. The first-order valence-electron chi connectivity index (χ1n) is 9.63. The first-order chi connectivity index (χ1) is 13.9. The second-order valence-corrected chi connectivity index (χ2v) is 8.57. The Morgan fingerprint density at radius 3 is 2.55 bits per heavy atom. The number of ether oxygens (including phenoxy) is 1. The van der Waals surface area contributed by atoms with E-state index in [0.717, 1.165) is 49.1 Å². The van der Waals surface area contributed by atoms with Crippen molar-refractivity contribution in [3.05, 3.63) is 63.6 Å². The maximum Gasteiger partial charge on any atom is 0.337 e. The van der Waals surface area contributed by atoms with Gasteiger partial charge in [-0.1, -0.05) is 54.2 Å². The van der Waals surface area contributed by atoms with E-state index < -0.39 is 5.97 Å². The summed E-state index contributed by atoms with van der Waals surface area (Å²) in [5.41, 5.74) is 2.06. The number of hydrogen-bond donors (Lipinski definition) is 2. The number of anilines is 1. The number of halogens is 2. The molecule has 0 aliphatic heterocycles. The van der Waals surface area contributed by atoms with Gasteiger partial charge in [-0.15, -0.1) is 0 Å². The Morgan fingerprint density at radius 2 is 1.86 bits per heavy atom. The molecule has 0 radical (unpaired) electrons. The fraction of sp³-hybridized carbons (Fsp3) is 0.364. The van der Waals surface area contributed by atoms with Crippen LogP contribution in [0.5, 0.6) is 0 Å². The molecule has 0 heterocycles. The van der Waals surface area contributed by atoms with Gasteiger partial charge in [0.15, 0.2) is 5.11 Å². The van der Waals surface area contributed by atoms with Crippen molar-refractivity contribution in [1.82, 2.24) is 5.32 Å². The van der Waals surface area contributed by atoms with Crippen LogP contribution in [-0.4, -0.2) is 23.7 Å². The molecule has 154 valence electrons. The number of carbonyl (C=O) groups excluding carboxylic acids is 1. The van der Waals surface area contributed by atoms with Crippen LogP contribution in [-0.2, 0) is 11.2 Å². The highest BCUT2D eigenvalue weighted by Gasteiger charge is 2.34. The van der Waals surface area contributed by atoms with Gasteiger partial charge >= 0.3 is 5.97 Å². The molecular formula is C22H24Cl2N2O2S. The second kappa shape index (κ2) is 9.79. The van der Waals surface area contributed by atoms with E-state index in [9.17, 15) is 4.79 Å². The summed E-state index contributed by atoms with van der Waals surface area (Å²) in [7, 11) is 1.35. The minimum atomic E-state index is -0.421. The monoisotopic (exact) mass is 450 g/mol. The first-order valence-corrected chi connectivity index (χ1v) is 10.8. The van der Waals surface area contributed by atoms with Gasteiger partial charge in [-0.05, 0) is 67.7 Å². The third-order valence-corrected chi connectivity index (χ3v) is 6.31. The van der Waals surface area contributed by atoms with Gasteiger partial charge in [-0.2, -0.15) is 0 Å². The zero-order chi connectivity index (χ0) is 20.9. The Labute approximate surface area is 186 Å². The third-order valence-electron chi connectivity index (χ3n) is 5.41. The standard InChI is InChI=1S/C22H24Cl2N2O2S/c1-28-20(27)16-8-9-18(24)19(14-16)25-21(29)26-22(11-4-5-12-22)13-10-15-6-2-3-7-17(15)23/h2-3,6-9,14H,4-5,10-13H2,1H3,(H2,25,26,29). The molecule has 3 rings (SSSR count). The summed E-state index contributed by atoms with van der Waals surface area (Å²) in [4.78, 5) is 11.8. The molecular weight excluding hydrogens is 427 g/mol. The molecule has 0 atom stereocenters. The lowest BCUT2D eigenvalue weighted by atomic mass is 9.89. The first kappa shape index (κ1) is 21.9. The van der Waals surface area contributed by atoms with Gasteiger partial charge in [0.2, 0.25) is 0 Å². The molecule has 0 unspecified atom stereocenters. The molecule has 0 bridgehead atoms. The molecule has 1 saturated carbocycles. The average Bonchev–Trinajstić information content (AvgIpc) is 3.17. The summed E-state index contributed by atoms with van der Waals surface area (Å²) in [6.45, 7) is 0. The Balaban J connectivity index is 1.69. The zero-order valence-corrected chi connectivity index (χ0v) is 18.6. The summed E-state index contributed by atoms with van der Waals surface area (Å²) < 4.78 is 4.77. The predicted octanol–water partition coefficient (Wildman–Crippen LogP) is 6.01. The van der Waals surface area contributed by atoms with Gasteiger partial charge < -0.3 is 15.4 Å². The number of nitrogens with one attached hydrogen (secondary N) is 2. The minimum Gasteiger partial charge on any atom is -0.465 e. The highest BCUT2D eigenvalue weighted by atomic mass is 35.5. The van der Waals surface area contributed by atoms with Crippen LogP contribution < -0.4 is 10.6 Å². The number of rotatable bonds is 6. The molecule has 0 spiro atoms. The van der Waals surface area contributed by atoms with Gasteiger partial charge in [0.05, 0.1) is 23.4 Å². The van der Waals surface area contributed by atoms with Crippen molar-refractivity contribution in [2.24, 2.45) is 0 Å². The topological polar surface area (TPSA) is 50.4 Å². The van der Waals surface area contributed by atoms with Gasteiger partial charge in [0.1, 0.15) is 0 Å². The summed E-state index contributed by atoms with van der Waals surface area (Å²) >= 11 is 18.2. The Morgan fingerprint density at radius 1 is 1.14 bits per heavy atom. The van der Waals surface area contributed by atoms with Crippen molar-refractivity contribution < 1.29 is 9.53 Å². The van der Waals surface area contributed by atoms with Crippen LogP contribution in [0.1, 0.15) is 48.0 Å². The number of aryl methyl sites for hydroxylation is 1. The van der Waals surface area contributed by atoms with E-state index in [1.165, 1.54) is 7.11 Å². The molecule has 7 heteroatoms. The summed E-state index contributed by atoms with van der Waals surface area (Å²) in [5, 5.41) is 8.45. The SMILES string of the molecule is COC(=O)c1ccc(Cl)c(NC(=S)NC2(CCc3ccccc3Cl)CCCC2)c1. The highest BCUT2D eigenvalue weighted by molar-refractivity contribution is 7.80. The molecule has 29 heavy (non-hydrogen) atoms. The Hall–Kier alpha value is -1.82. The molecule has 1 aliphatic carbocycles. The number of thiocarbonyl (C=S) groups is 1. The molecule has 2 N–H and O–H groups in total. The zero-order valence-electron chi connectivity index (χ0n) is 16.3. The fourth-order valence-electron chi connectivity index (χ4n) is 3.82. The van der Waals surface area contributed by atoms with E-state index in [1.54, 1.807) is 18.2 Å². The van der Waals surface area contributed by atoms with E-state index in [1.807, 2.05) is 18.2 Å². The summed E-state index contributed by atoms with van der Waals surface area (Å²) in [6, 6.07) is 12.9. The van der Waals surface area contributed by atoms with Crippen LogP contribution in [0.3, 0.4) is 0 Å². The van der Waals surface area contributed by atoms with E-state index in [-0.39, 0.29) is 5.54 Å². The number of hydrogen-bond acceptors (Lipinski definition) is 3. The molecule has 0 aromatic heterocycles. The Kier molecular flexibility index (Phi) is 7.38. The lowest BCUT2D eigenvalue weighted by molar-refractivity contribution is 0.0601. The maximum absolute atomic E-state index is 11.8. The van der Waals surface area contributed by atoms with Gasteiger partial charge in [-0.3, -0.25) is 0 Å². The smallest absolute Gasteiger partial charge is 0.337 e. The van der Waals surface area contributed by atoms with Gasteiger partial charge in [0, 0.05) is 10.6 Å². The van der Waals surface area contributed by atoms with Gasteiger partial charge in [0.25, 0.3) is 0 Å². The number of carbonyl (C=O) groups is 1. The lowest BCUT2D eigenvalue weighted by Crippen LogP contribution is -2.48. The van der Waals surface area contributed by atoms with Crippen LogP contribution in [0, 0.1) is 0 Å². The van der Waals surface area contributed by atoms with E-state index in [4.69, 9.17) is 40.2 Å². The van der Waals surface area contributed by atoms with E-state index in [2.05, 4.69) is 16.7 Å². The number of benzene rings is 2. The fourth-order valence-corrected chi connectivity index (χ4v) is 4.55. The molecule has 0 amide bonds. The maximum atomic E-state index is 11.8. The van der Waals surface area contributed by atoms with Crippen molar-refractivity contribution in [3.8, 4) is 0 Å². The van der Waals surface area contributed by atoms with Crippen molar-refractivity contribution in [3.63, 3.8) is 0 Å². The van der Waals surface area contributed by atoms with E-state index in [0.29, 0.717) is 21.4 Å². The van der Waals surface area contributed by atoms with Crippen LogP contribution in [0.2, 0.25) is 10.0 Å². The van der Waals surface area contributed by atoms with E-state index >= 15 is 0 Å².